The van der Waals surface area contributed by atoms with Gasteiger partial charge in [-0.25, -0.2) is 4.99 Å². The van der Waals surface area contributed by atoms with E-state index >= 15 is 0 Å². The molecule has 142 valence electrons. The Kier molecular flexibility index (Phi) is 4.10. The molecule has 0 fully saturated rings. The fourth-order valence-corrected chi connectivity index (χ4v) is 3.93. The largest absolute Gasteiger partial charge is 0.348 e. The Bertz CT molecular complexity index is 1170. The summed E-state index contributed by atoms with van der Waals surface area (Å²) < 4.78 is 0.990. The number of aliphatic imine (C=N–C) groups is 1. The van der Waals surface area contributed by atoms with Crippen LogP contribution in [0.1, 0.15) is 18.1 Å². The molecular formula is C23H17BrN4O. The van der Waals surface area contributed by atoms with Crippen LogP contribution < -0.4 is 10.3 Å². The number of rotatable bonds is 2. The smallest absolute Gasteiger partial charge is 0.302 e. The van der Waals surface area contributed by atoms with E-state index in [0.717, 1.165) is 32.7 Å². The Morgan fingerprint density at radius 3 is 2.38 bits per heavy atom. The van der Waals surface area contributed by atoms with Crippen molar-refractivity contribution in [3.8, 4) is 0 Å². The second-order valence-electron chi connectivity index (χ2n) is 6.99. The molecule has 0 aromatic heterocycles. The number of nitrogens with one attached hydrogen (secondary N) is 1. The van der Waals surface area contributed by atoms with Crippen LogP contribution in [0.4, 0.5) is 11.4 Å². The molecule has 2 heterocycles. The number of hydrogen-bond acceptors (Lipinski definition) is 4. The van der Waals surface area contributed by atoms with Crippen molar-refractivity contribution in [1.29, 1.82) is 0 Å². The number of benzene rings is 3. The predicted molar refractivity (Wildman–Crippen MR) is 120 cm³/mol. The third-order valence-electron chi connectivity index (χ3n) is 5.17. The van der Waals surface area contributed by atoms with Gasteiger partial charge in [-0.3, -0.25) is 4.79 Å². The van der Waals surface area contributed by atoms with E-state index in [0.29, 0.717) is 5.71 Å². The summed E-state index contributed by atoms with van der Waals surface area (Å²) in [6.45, 7) is 1.84. The van der Waals surface area contributed by atoms with Crippen LogP contribution >= 0.6 is 15.9 Å². The summed E-state index contributed by atoms with van der Waals surface area (Å²) in [5.41, 5.74) is 3.60. The van der Waals surface area contributed by atoms with Gasteiger partial charge < -0.3 is 5.32 Å². The predicted octanol–water partition coefficient (Wildman–Crippen LogP) is 4.83. The molecule has 0 bridgehead atoms. The van der Waals surface area contributed by atoms with Gasteiger partial charge in [-0.05, 0) is 37.3 Å². The molecule has 1 unspecified atom stereocenters. The number of para-hydroxylation sites is 2. The highest BCUT2D eigenvalue weighted by atomic mass is 79.9. The van der Waals surface area contributed by atoms with Crippen LogP contribution in [0, 0.1) is 0 Å². The number of carbonyl (C=O) groups excluding carboxylic acids is 1. The number of amides is 1. The number of hydrogen-bond donors (Lipinski definition) is 1. The maximum atomic E-state index is 13.6. The molecule has 6 heteroatoms. The van der Waals surface area contributed by atoms with E-state index in [9.17, 15) is 4.79 Å². The molecule has 3 aromatic rings. The molecule has 2 aliphatic heterocycles. The van der Waals surface area contributed by atoms with Crippen molar-refractivity contribution in [3.63, 3.8) is 0 Å². The molecule has 5 nitrogen and oxygen atoms in total. The highest BCUT2D eigenvalue weighted by Crippen LogP contribution is 2.37. The molecule has 1 amide bonds. The summed E-state index contributed by atoms with van der Waals surface area (Å²) in [5, 5.41) is 9.35. The number of carbonyl (C=O) groups is 1. The molecule has 0 saturated heterocycles. The third kappa shape index (κ3) is 2.79. The lowest BCUT2D eigenvalue weighted by molar-refractivity contribution is -0.120. The van der Waals surface area contributed by atoms with E-state index in [1.54, 1.807) is 0 Å². The van der Waals surface area contributed by atoms with Gasteiger partial charge in [0.1, 0.15) is 0 Å². The molecule has 3 aromatic carbocycles. The van der Waals surface area contributed by atoms with Gasteiger partial charge in [0.15, 0.2) is 0 Å². The Labute approximate surface area is 176 Å². The number of hydrazone groups is 1. The van der Waals surface area contributed by atoms with Crippen LogP contribution in [-0.4, -0.2) is 23.0 Å². The Morgan fingerprint density at radius 1 is 0.931 bits per heavy atom. The zero-order valence-corrected chi connectivity index (χ0v) is 17.2. The van der Waals surface area contributed by atoms with Gasteiger partial charge in [-0.2, -0.15) is 10.1 Å². The topological polar surface area (TPSA) is 57.1 Å². The Morgan fingerprint density at radius 2 is 1.62 bits per heavy atom. The summed E-state index contributed by atoms with van der Waals surface area (Å²) in [6.07, 6.45) is 0. The van der Waals surface area contributed by atoms with Crippen molar-refractivity contribution in [3.05, 3.63) is 94.5 Å². The van der Waals surface area contributed by atoms with Crippen LogP contribution in [0.5, 0.6) is 0 Å². The summed E-state index contributed by atoms with van der Waals surface area (Å²) in [5.74, 6) is -0.217. The van der Waals surface area contributed by atoms with Crippen molar-refractivity contribution >= 4 is 44.6 Å². The number of nitrogens with zero attached hydrogens (tertiary/aromatic N) is 3. The molecule has 5 rings (SSSR count). The normalized spacial score (nSPS) is 20.2. The van der Waals surface area contributed by atoms with Crippen LogP contribution in [-0.2, 0) is 4.79 Å². The quantitative estimate of drug-likeness (QED) is 0.615. The van der Waals surface area contributed by atoms with E-state index in [4.69, 9.17) is 4.99 Å². The molecule has 0 aliphatic carbocycles. The molecule has 0 radical (unpaired) electrons. The molecule has 1 spiro atoms. The van der Waals surface area contributed by atoms with Crippen molar-refractivity contribution in [1.82, 2.24) is 0 Å². The first kappa shape index (κ1) is 17.8. The van der Waals surface area contributed by atoms with Crippen molar-refractivity contribution < 1.29 is 4.79 Å². The average molecular weight is 445 g/mol. The first-order valence-corrected chi connectivity index (χ1v) is 10.1. The highest BCUT2D eigenvalue weighted by molar-refractivity contribution is 9.10. The van der Waals surface area contributed by atoms with E-state index < -0.39 is 5.66 Å². The number of halogens is 1. The van der Waals surface area contributed by atoms with Crippen molar-refractivity contribution in [2.45, 2.75) is 12.6 Å². The molecule has 1 atom stereocenters. The van der Waals surface area contributed by atoms with Gasteiger partial charge in [-0.1, -0.05) is 64.5 Å². The average Bonchev–Trinajstić information content (AvgIpc) is 2.99. The maximum Gasteiger partial charge on any atom is 0.302 e. The summed E-state index contributed by atoms with van der Waals surface area (Å²) in [7, 11) is 0. The van der Waals surface area contributed by atoms with Crippen molar-refractivity contribution in [2.24, 2.45) is 10.1 Å². The van der Waals surface area contributed by atoms with Gasteiger partial charge in [0.25, 0.3) is 5.66 Å². The van der Waals surface area contributed by atoms with Gasteiger partial charge in [0, 0.05) is 21.3 Å². The minimum Gasteiger partial charge on any atom is -0.348 e. The van der Waals surface area contributed by atoms with Gasteiger partial charge in [-0.15, -0.1) is 0 Å². The summed E-state index contributed by atoms with van der Waals surface area (Å²) in [6, 6.07) is 25.3. The van der Waals surface area contributed by atoms with Crippen LogP contribution in [0.3, 0.4) is 0 Å². The molecule has 0 saturated carbocycles. The zero-order valence-electron chi connectivity index (χ0n) is 15.6. The first-order valence-electron chi connectivity index (χ1n) is 9.27. The second kappa shape index (κ2) is 6.67. The minimum atomic E-state index is -1.26. The fraction of sp³-hybridized carbons (Fsp3) is 0.0870. The standard InChI is InChI=1S/C23H17BrN4O/c1-15-23(22(29)28(27-15)18-7-3-2-4-8-18)25-20-10-6-5-9-19(20)21(26-23)16-11-13-17(24)14-12-16/h2-14,25H,1H3. The SMILES string of the molecule is CC1=NN(c2ccccc2)C(=O)C12N=C(c1ccc(Br)cc1)c1ccccc1N2. The minimum absolute atomic E-state index is 0.217. The van der Waals surface area contributed by atoms with Crippen LogP contribution in [0.25, 0.3) is 0 Å². The number of anilines is 2. The lowest BCUT2D eigenvalue weighted by Gasteiger charge is -2.33. The second-order valence-corrected chi connectivity index (χ2v) is 7.90. The molecule has 1 N–H and O–H groups in total. The Hall–Kier alpha value is -3.25. The monoisotopic (exact) mass is 444 g/mol. The van der Waals surface area contributed by atoms with Crippen molar-refractivity contribution in [2.75, 3.05) is 10.3 Å². The zero-order chi connectivity index (χ0) is 20.0. The maximum absolute atomic E-state index is 13.6. The van der Waals surface area contributed by atoms with Gasteiger partial charge in [0.2, 0.25) is 0 Å². The van der Waals surface area contributed by atoms with E-state index in [1.165, 1.54) is 5.01 Å². The van der Waals surface area contributed by atoms with E-state index in [2.05, 4.69) is 26.3 Å². The van der Waals surface area contributed by atoms with Gasteiger partial charge >= 0.3 is 5.91 Å². The van der Waals surface area contributed by atoms with Crippen LogP contribution in [0.2, 0.25) is 0 Å². The molecular weight excluding hydrogens is 428 g/mol. The number of fused-ring (bicyclic) bond motifs is 1. The lowest BCUT2D eigenvalue weighted by Crippen LogP contribution is -2.53. The fourth-order valence-electron chi connectivity index (χ4n) is 3.67. The van der Waals surface area contributed by atoms with E-state index in [-0.39, 0.29) is 5.91 Å². The Balaban J connectivity index is 1.68. The lowest BCUT2D eigenvalue weighted by atomic mass is 9.93. The van der Waals surface area contributed by atoms with Gasteiger partial charge in [0.05, 0.1) is 17.1 Å². The molecule has 2 aliphatic rings. The highest BCUT2D eigenvalue weighted by Gasteiger charge is 2.52. The summed E-state index contributed by atoms with van der Waals surface area (Å²) >= 11 is 3.48. The summed E-state index contributed by atoms with van der Waals surface area (Å²) in [4.78, 5) is 18.5. The first-order chi connectivity index (χ1) is 14.1. The third-order valence-corrected chi connectivity index (χ3v) is 5.70. The van der Waals surface area contributed by atoms with Crippen LogP contribution in [0.15, 0.2) is 93.4 Å². The molecule has 29 heavy (non-hydrogen) atoms. The van der Waals surface area contributed by atoms with E-state index in [1.807, 2.05) is 85.8 Å².